The molecule has 8 heteroatoms. The maximum atomic E-state index is 11.9. The van der Waals surface area contributed by atoms with Crippen LogP contribution in [0.15, 0.2) is 11.8 Å². The number of carboxylic acids is 1. The monoisotopic (exact) mass is 336 g/mol. The van der Waals surface area contributed by atoms with Gasteiger partial charge in [-0.1, -0.05) is 6.42 Å². The van der Waals surface area contributed by atoms with Gasteiger partial charge in [-0.05, 0) is 26.7 Å². The van der Waals surface area contributed by atoms with Crippen molar-refractivity contribution in [3.63, 3.8) is 0 Å². The van der Waals surface area contributed by atoms with Crippen LogP contribution in [-0.2, 0) is 9.59 Å². The lowest BCUT2D eigenvalue weighted by atomic mass is 10.2. The minimum absolute atomic E-state index is 0.0268. The van der Waals surface area contributed by atoms with Crippen molar-refractivity contribution >= 4 is 28.3 Å². The fourth-order valence-electron chi connectivity index (χ4n) is 1.69. The highest BCUT2D eigenvalue weighted by molar-refractivity contribution is 7.15. The third-order valence-electron chi connectivity index (χ3n) is 3.09. The molecule has 124 valence electrons. The van der Waals surface area contributed by atoms with E-state index in [1.807, 2.05) is 19.9 Å². The summed E-state index contributed by atoms with van der Waals surface area (Å²) in [5.74, 6) is -1.27. The van der Waals surface area contributed by atoms with E-state index < -0.39 is 11.9 Å². The summed E-state index contributed by atoms with van der Waals surface area (Å²) < 4.78 is 0. The molecule has 0 saturated carbocycles. The summed E-state index contributed by atoms with van der Waals surface area (Å²) in [5, 5.41) is 23.7. The van der Waals surface area contributed by atoms with Crippen molar-refractivity contribution < 1.29 is 14.7 Å². The molecule has 0 aliphatic heterocycles. The number of nitrogens with one attached hydrogen (secondary N) is 2. The molecule has 23 heavy (non-hydrogen) atoms. The van der Waals surface area contributed by atoms with E-state index >= 15 is 0 Å². The van der Waals surface area contributed by atoms with Gasteiger partial charge in [-0.25, -0.2) is 4.98 Å². The first kappa shape index (κ1) is 18.6. The SMILES string of the molecule is Cc1nc(N/C=C(/C#N)C(=O)NCCCCCC(=O)O)sc1C. The van der Waals surface area contributed by atoms with Crippen molar-refractivity contribution in [2.45, 2.75) is 39.5 Å². The van der Waals surface area contributed by atoms with Gasteiger partial charge in [0.15, 0.2) is 5.13 Å². The minimum Gasteiger partial charge on any atom is -0.481 e. The first-order valence-electron chi connectivity index (χ1n) is 7.25. The zero-order chi connectivity index (χ0) is 17.2. The van der Waals surface area contributed by atoms with Gasteiger partial charge in [0, 0.05) is 24.0 Å². The summed E-state index contributed by atoms with van der Waals surface area (Å²) in [7, 11) is 0. The van der Waals surface area contributed by atoms with Crippen LogP contribution in [0.4, 0.5) is 5.13 Å². The molecule has 0 unspecified atom stereocenters. The number of carbonyl (C=O) groups is 2. The minimum atomic E-state index is -0.817. The van der Waals surface area contributed by atoms with E-state index in [2.05, 4.69) is 15.6 Å². The maximum Gasteiger partial charge on any atom is 0.303 e. The Hall–Kier alpha value is -2.40. The molecular weight excluding hydrogens is 316 g/mol. The second-order valence-electron chi connectivity index (χ2n) is 4.94. The van der Waals surface area contributed by atoms with Crippen LogP contribution < -0.4 is 10.6 Å². The van der Waals surface area contributed by atoms with E-state index in [-0.39, 0.29) is 12.0 Å². The van der Waals surface area contributed by atoms with Crippen molar-refractivity contribution in [3.05, 3.63) is 22.3 Å². The summed E-state index contributed by atoms with van der Waals surface area (Å²) >= 11 is 1.45. The van der Waals surface area contributed by atoms with E-state index in [1.165, 1.54) is 17.5 Å². The Morgan fingerprint density at radius 1 is 1.35 bits per heavy atom. The Labute approximate surface area is 139 Å². The van der Waals surface area contributed by atoms with Gasteiger partial charge in [-0.2, -0.15) is 5.26 Å². The lowest BCUT2D eigenvalue weighted by molar-refractivity contribution is -0.137. The van der Waals surface area contributed by atoms with Crippen LogP contribution in [0, 0.1) is 25.2 Å². The molecule has 0 aliphatic rings. The number of unbranched alkanes of at least 4 members (excludes halogenated alkanes) is 2. The van der Waals surface area contributed by atoms with Crippen molar-refractivity contribution in [1.82, 2.24) is 10.3 Å². The normalized spacial score (nSPS) is 10.9. The number of hydrogen-bond acceptors (Lipinski definition) is 6. The van der Waals surface area contributed by atoms with Gasteiger partial charge in [0.25, 0.3) is 5.91 Å². The summed E-state index contributed by atoms with van der Waals surface area (Å²) in [6.45, 7) is 4.25. The predicted molar refractivity (Wildman–Crippen MR) is 88.0 cm³/mol. The van der Waals surface area contributed by atoms with Crippen molar-refractivity contribution in [2.75, 3.05) is 11.9 Å². The van der Waals surface area contributed by atoms with Crippen LogP contribution in [0.2, 0.25) is 0 Å². The Morgan fingerprint density at radius 3 is 2.65 bits per heavy atom. The van der Waals surface area contributed by atoms with Gasteiger partial charge in [0.2, 0.25) is 0 Å². The zero-order valence-electron chi connectivity index (χ0n) is 13.2. The van der Waals surface area contributed by atoms with E-state index in [9.17, 15) is 9.59 Å². The molecule has 7 nitrogen and oxygen atoms in total. The number of aryl methyl sites for hydroxylation is 2. The number of thiazole rings is 1. The van der Waals surface area contributed by atoms with Crippen molar-refractivity contribution in [1.29, 1.82) is 5.26 Å². The van der Waals surface area contributed by atoms with Crippen molar-refractivity contribution in [3.8, 4) is 6.07 Å². The number of anilines is 1. The number of aromatic nitrogens is 1. The molecule has 1 aromatic rings. The maximum absolute atomic E-state index is 11.9. The number of carbonyl (C=O) groups excluding carboxylic acids is 1. The molecule has 1 rings (SSSR count). The lowest BCUT2D eigenvalue weighted by Gasteiger charge is -2.04. The van der Waals surface area contributed by atoms with Gasteiger partial charge in [-0.3, -0.25) is 9.59 Å². The number of nitrogens with zero attached hydrogens (tertiary/aromatic N) is 2. The molecule has 0 fully saturated rings. The molecule has 0 aromatic carbocycles. The second-order valence-corrected chi connectivity index (χ2v) is 6.14. The van der Waals surface area contributed by atoms with Crippen LogP contribution in [-0.4, -0.2) is 28.5 Å². The summed E-state index contributed by atoms with van der Waals surface area (Å²) in [6.07, 6.45) is 3.45. The van der Waals surface area contributed by atoms with Crippen LogP contribution in [0.1, 0.15) is 36.3 Å². The average molecular weight is 336 g/mol. The van der Waals surface area contributed by atoms with Crippen LogP contribution >= 0.6 is 11.3 Å². The Morgan fingerprint density at radius 2 is 2.09 bits per heavy atom. The number of hydrogen-bond donors (Lipinski definition) is 3. The number of nitriles is 1. The first-order valence-corrected chi connectivity index (χ1v) is 8.06. The third-order valence-corrected chi connectivity index (χ3v) is 4.09. The van der Waals surface area contributed by atoms with E-state index in [0.29, 0.717) is 30.9 Å². The highest BCUT2D eigenvalue weighted by Crippen LogP contribution is 2.21. The topological polar surface area (TPSA) is 115 Å². The lowest BCUT2D eigenvalue weighted by Crippen LogP contribution is -2.26. The smallest absolute Gasteiger partial charge is 0.303 e. The van der Waals surface area contributed by atoms with Gasteiger partial charge >= 0.3 is 5.97 Å². The number of rotatable bonds is 9. The van der Waals surface area contributed by atoms with Crippen LogP contribution in [0.5, 0.6) is 0 Å². The average Bonchev–Trinajstić information content (AvgIpc) is 2.81. The number of amides is 1. The molecule has 1 heterocycles. The molecule has 1 aromatic heterocycles. The molecule has 0 radical (unpaired) electrons. The second kappa shape index (κ2) is 9.58. The molecule has 0 saturated heterocycles. The summed E-state index contributed by atoms with van der Waals surface area (Å²) in [4.78, 5) is 27.5. The van der Waals surface area contributed by atoms with Crippen molar-refractivity contribution in [2.24, 2.45) is 0 Å². The molecule has 3 N–H and O–H groups in total. The molecule has 0 aliphatic carbocycles. The molecular formula is C15H20N4O3S. The quantitative estimate of drug-likeness (QED) is 0.362. The fraction of sp³-hybridized carbons (Fsp3) is 0.467. The Kier molecular flexibility index (Phi) is 7.77. The zero-order valence-corrected chi connectivity index (χ0v) is 14.0. The molecule has 0 bridgehead atoms. The van der Waals surface area contributed by atoms with E-state index in [0.717, 1.165) is 10.6 Å². The van der Waals surface area contributed by atoms with Gasteiger partial charge in [-0.15, -0.1) is 11.3 Å². The predicted octanol–water partition coefficient (Wildman–Crippen LogP) is 2.34. The molecule has 0 spiro atoms. The number of aliphatic carboxylic acids is 1. The van der Waals surface area contributed by atoms with Gasteiger partial charge in [0.05, 0.1) is 5.69 Å². The number of carboxylic acid groups (broad SMARTS) is 1. The Balaban J connectivity index is 2.38. The first-order chi connectivity index (χ1) is 10.9. The standard InChI is InChI=1S/C15H20N4O3S/c1-10-11(2)23-15(19-10)18-9-12(8-16)14(22)17-7-5-3-4-6-13(20)21/h9H,3-7H2,1-2H3,(H,17,22)(H,18,19)(H,20,21)/b12-9-. The Bertz CT molecular complexity index is 612. The van der Waals surface area contributed by atoms with Crippen LogP contribution in [0.3, 0.4) is 0 Å². The van der Waals surface area contributed by atoms with Gasteiger partial charge in [0.1, 0.15) is 11.6 Å². The molecule has 0 atom stereocenters. The fourth-order valence-corrected chi connectivity index (χ4v) is 2.48. The highest BCUT2D eigenvalue weighted by Gasteiger charge is 2.09. The third kappa shape index (κ3) is 6.93. The molecule has 1 amide bonds. The largest absolute Gasteiger partial charge is 0.481 e. The summed E-state index contributed by atoms with van der Waals surface area (Å²) in [6, 6.07) is 1.85. The highest BCUT2D eigenvalue weighted by atomic mass is 32.1. The van der Waals surface area contributed by atoms with Crippen LogP contribution in [0.25, 0.3) is 0 Å². The van der Waals surface area contributed by atoms with E-state index in [1.54, 1.807) is 0 Å². The summed E-state index contributed by atoms with van der Waals surface area (Å²) in [5.41, 5.74) is 0.885. The van der Waals surface area contributed by atoms with E-state index in [4.69, 9.17) is 10.4 Å². The van der Waals surface area contributed by atoms with Gasteiger partial charge < -0.3 is 15.7 Å².